The summed E-state index contributed by atoms with van der Waals surface area (Å²) in [6.07, 6.45) is 8.66. The Morgan fingerprint density at radius 2 is 1.76 bits per heavy atom. The zero-order chi connectivity index (χ0) is 22.9. The number of amides is 1. The lowest BCUT2D eigenvalue weighted by Gasteiger charge is -2.48. The summed E-state index contributed by atoms with van der Waals surface area (Å²) >= 11 is 0. The topological polar surface area (TPSA) is 48.0 Å². The molecule has 0 bridgehead atoms. The van der Waals surface area contributed by atoms with Gasteiger partial charge in [-0.1, -0.05) is 49.6 Å². The molecular weight excluding hydrogens is 412 g/mol. The van der Waals surface area contributed by atoms with Gasteiger partial charge < -0.3 is 15.0 Å². The minimum absolute atomic E-state index is 0.147. The van der Waals surface area contributed by atoms with Crippen molar-refractivity contribution in [2.45, 2.75) is 57.0 Å². The van der Waals surface area contributed by atoms with Crippen LogP contribution in [-0.2, 0) is 16.1 Å². The molecule has 1 aromatic carbocycles. The van der Waals surface area contributed by atoms with E-state index in [0.717, 1.165) is 64.9 Å². The zero-order valence-electron chi connectivity index (χ0n) is 20.6. The Balaban J connectivity index is 1.17. The first-order chi connectivity index (χ1) is 16.1. The molecule has 1 N–H and O–H groups in total. The van der Waals surface area contributed by atoms with E-state index in [1.807, 2.05) is 0 Å². The van der Waals surface area contributed by atoms with Crippen molar-refractivity contribution in [3.8, 4) is 0 Å². The second kappa shape index (κ2) is 12.3. The molecule has 6 heteroatoms. The van der Waals surface area contributed by atoms with Gasteiger partial charge in [-0.25, -0.2) is 0 Å². The van der Waals surface area contributed by atoms with E-state index >= 15 is 0 Å². The van der Waals surface area contributed by atoms with E-state index in [4.69, 9.17) is 4.74 Å². The Morgan fingerprint density at radius 1 is 1.06 bits per heavy atom. The van der Waals surface area contributed by atoms with Gasteiger partial charge in [-0.05, 0) is 57.3 Å². The number of rotatable bonds is 9. The molecule has 1 saturated carbocycles. The smallest absolute Gasteiger partial charge is 0.234 e. The average Bonchev–Trinajstić information content (AvgIpc) is 2.86. The summed E-state index contributed by atoms with van der Waals surface area (Å²) in [7, 11) is 2.22. The van der Waals surface area contributed by atoms with Crippen LogP contribution in [0.3, 0.4) is 0 Å². The Morgan fingerprint density at radius 3 is 2.45 bits per heavy atom. The number of morpholine rings is 1. The van der Waals surface area contributed by atoms with Crippen molar-refractivity contribution in [1.82, 2.24) is 20.0 Å². The highest BCUT2D eigenvalue weighted by Crippen LogP contribution is 2.33. The van der Waals surface area contributed by atoms with Crippen LogP contribution in [0, 0.1) is 5.92 Å². The normalized spacial score (nSPS) is 23.0. The number of piperidine rings is 1. The lowest BCUT2D eigenvalue weighted by atomic mass is 9.79. The van der Waals surface area contributed by atoms with E-state index in [9.17, 15) is 4.79 Å². The molecule has 184 valence electrons. The van der Waals surface area contributed by atoms with E-state index in [1.165, 1.54) is 50.5 Å². The molecule has 1 amide bonds. The molecule has 6 nitrogen and oxygen atoms in total. The summed E-state index contributed by atoms with van der Waals surface area (Å²) in [5.41, 5.74) is 1.52. The number of ether oxygens (including phenoxy) is 1. The maximum atomic E-state index is 12.8. The summed E-state index contributed by atoms with van der Waals surface area (Å²) in [5, 5.41) is 3.34. The summed E-state index contributed by atoms with van der Waals surface area (Å²) in [4.78, 5) is 20.2. The Hall–Kier alpha value is -1.47. The molecular formula is C27H44N4O2. The molecule has 0 radical (unpaired) electrons. The third-order valence-electron chi connectivity index (χ3n) is 8.02. The van der Waals surface area contributed by atoms with Crippen LogP contribution in [0.2, 0.25) is 0 Å². The molecule has 0 spiro atoms. The van der Waals surface area contributed by atoms with Gasteiger partial charge in [0.25, 0.3) is 0 Å². The average molecular weight is 457 g/mol. The lowest BCUT2D eigenvalue weighted by molar-refractivity contribution is -0.124. The largest absolute Gasteiger partial charge is 0.379 e. The fourth-order valence-corrected chi connectivity index (χ4v) is 6.10. The summed E-state index contributed by atoms with van der Waals surface area (Å²) in [6.45, 7) is 9.21. The molecule has 4 rings (SSSR count). The molecule has 33 heavy (non-hydrogen) atoms. The number of carbonyl (C=O) groups is 1. The fourth-order valence-electron chi connectivity index (χ4n) is 6.10. The number of nitrogens with one attached hydrogen (secondary N) is 1. The summed E-state index contributed by atoms with van der Waals surface area (Å²) in [6, 6.07) is 10.7. The van der Waals surface area contributed by atoms with Crippen LogP contribution in [-0.4, -0.2) is 92.2 Å². The van der Waals surface area contributed by atoms with Gasteiger partial charge in [0.05, 0.1) is 19.8 Å². The number of hydrogen-bond acceptors (Lipinski definition) is 5. The Bertz CT molecular complexity index is 708. The minimum atomic E-state index is 0.147. The molecule has 1 aliphatic carbocycles. The van der Waals surface area contributed by atoms with Crippen molar-refractivity contribution in [1.29, 1.82) is 0 Å². The highest BCUT2D eigenvalue weighted by molar-refractivity contribution is 5.78. The third kappa shape index (κ3) is 7.25. The highest BCUT2D eigenvalue weighted by atomic mass is 16.5. The van der Waals surface area contributed by atoms with Gasteiger partial charge in [0.2, 0.25) is 5.91 Å². The lowest BCUT2D eigenvalue weighted by Crippen LogP contribution is -2.60. The van der Waals surface area contributed by atoms with Crippen molar-refractivity contribution in [3.05, 3.63) is 35.9 Å². The highest BCUT2D eigenvalue weighted by Gasteiger charge is 2.38. The van der Waals surface area contributed by atoms with Crippen LogP contribution in [0.5, 0.6) is 0 Å². The quantitative estimate of drug-likeness (QED) is 0.619. The van der Waals surface area contributed by atoms with Crippen molar-refractivity contribution in [3.63, 3.8) is 0 Å². The first kappa shape index (κ1) is 24.6. The molecule has 3 fully saturated rings. The second-order valence-corrected chi connectivity index (χ2v) is 10.6. The van der Waals surface area contributed by atoms with Crippen molar-refractivity contribution in [2.75, 3.05) is 66.1 Å². The first-order valence-electron chi connectivity index (χ1n) is 13.2. The molecule has 0 atom stereocenters. The monoisotopic (exact) mass is 456 g/mol. The van der Waals surface area contributed by atoms with E-state index < -0.39 is 0 Å². The van der Waals surface area contributed by atoms with Crippen molar-refractivity contribution >= 4 is 5.91 Å². The van der Waals surface area contributed by atoms with Crippen molar-refractivity contribution in [2.24, 2.45) is 5.92 Å². The summed E-state index contributed by atoms with van der Waals surface area (Å²) < 4.78 is 5.59. The summed E-state index contributed by atoms with van der Waals surface area (Å²) in [5.74, 6) is 0.928. The van der Waals surface area contributed by atoms with Gasteiger partial charge >= 0.3 is 0 Å². The van der Waals surface area contributed by atoms with Gasteiger partial charge in [0, 0.05) is 38.3 Å². The minimum Gasteiger partial charge on any atom is -0.379 e. The molecule has 2 saturated heterocycles. The van der Waals surface area contributed by atoms with E-state index in [1.54, 1.807) is 0 Å². The number of carbonyl (C=O) groups excluding carboxylic acids is 1. The van der Waals surface area contributed by atoms with Crippen LogP contribution in [0.4, 0.5) is 0 Å². The van der Waals surface area contributed by atoms with Gasteiger partial charge in [-0.3, -0.25) is 14.6 Å². The van der Waals surface area contributed by atoms with E-state index in [-0.39, 0.29) is 11.4 Å². The van der Waals surface area contributed by atoms with Gasteiger partial charge in [0.15, 0.2) is 0 Å². The Kier molecular flexibility index (Phi) is 9.18. The molecule has 2 heterocycles. The maximum absolute atomic E-state index is 12.8. The van der Waals surface area contributed by atoms with Crippen molar-refractivity contribution < 1.29 is 9.53 Å². The van der Waals surface area contributed by atoms with Crippen LogP contribution in [0.25, 0.3) is 0 Å². The van der Waals surface area contributed by atoms with E-state index in [2.05, 4.69) is 57.4 Å². The van der Waals surface area contributed by atoms with Crippen LogP contribution in [0.15, 0.2) is 30.3 Å². The Labute approximate surface area is 200 Å². The predicted octanol–water partition coefficient (Wildman–Crippen LogP) is 2.98. The van der Waals surface area contributed by atoms with Crippen LogP contribution < -0.4 is 5.32 Å². The molecule has 2 aliphatic heterocycles. The van der Waals surface area contributed by atoms with Crippen LogP contribution in [0.1, 0.15) is 50.5 Å². The number of likely N-dealkylation sites (tertiary alicyclic amines) is 1. The molecule has 1 aromatic rings. The second-order valence-electron chi connectivity index (χ2n) is 10.6. The van der Waals surface area contributed by atoms with E-state index in [0.29, 0.717) is 6.54 Å². The fraction of sp³-hybridized carbons (Fsp3) is 0.741. The third-order valence-corrected chi connectivity index (χ3v) is 8.02. The SMILES string of the molecule is CN(Cc1ccccc1)CC1CCN(CC(=O)NCC2(N3CCOCC3)CCCCC2)CC1. The maximum Gasteiger partial charge on any atom is 0.234 e. The van der Waals surface area contributed by atoms with Gasteiger partial charge in [0.1, 0.15) is 0 Å². The predicted molar refractivity (Wildman–Crippen MR) is 133 cm³/mol. The molecule has 3 aliphatic rings. The van der Waals surface area contributed by atoms with Crippen LogP contribution >= 0.6 is 0 Å². The molecule has 0 aromatic heterocycles. The zero-order valence-corrected chi connectivity index (χ0v) is 20.6. The number of benzene rings is 1. The number of nitrogens with zero attached hydrogens (tertiary/aromatic N) is 3. The van der Waals surface area contributed by atoms with Gasteiger partial charge in [-0.2, -0.15) is 0 Å². The first-order valence-corrected chi connectivity index (χ1v) is 13.2. The standard InChI is InChI=1S/C27H44N4O2/c1-29(20-24-8-4-2-5-9-24)21-25-10-14-30(15-11-25)22-26(32)28-23-27(12-6-3-7-13-27)31-16-18-33-19-17-31/h2,4-5,8-9,25H,3,6-7,10-23H2,1H3,(H,28,32). The number of hydrogen-bond donors (Lipinski definition) is 1. The van der Waals surface area contributed by atoms with Gasteiger partial charge in [-0.15, -0.1) is 0 Å². The molecule has 0 unspecified atom stereocenters.